The molecule has 1 aliphatic heterocycles. The van der Waals surface area contributed by atoms with E-state index < -0.39 is 0 Å². The lowest BCUT2D eigenvalue weighted by atomic mass is 10.0. The minimum atomic E-state index is -0.0274. The molecule has 1 N–H and O–H groups in total. The van der Waals surface area contributed by atoms with Crippen LogP contribution in [0.4, 0.5) is 0 Å². The van der Waals surface area contributed by atoms with Crippen LogP contribution >= 0.6 is 0 Å². The zero-order chi connectivity index (χ0) is 13.5. The number of ether oxygens (including phenoxy) is 1. The number of aromatic amines is 1. The number of nitrogens with one attached hydrogen (secondary N) is 1. The average molecular weight is 261 g/mol. The number of para-hydroxylation sites is 1. The Morgan fingerprint density at radius 2 is 2.00 bits per heavy atom. The average Bonchev–Trinajstić information content (AvgIpc) is 2.89. The van der Waals surface area contributed by atoms with Crippen LogP contribution in [0.15, 0.2) is 54.7 Å². The summed E-state index contributed by atoms with van der Waals surface area (Å²) in [6.45, 7) is 2.11. The molecule has 0 spiro atoms. The summed E-state index contributed by atoms with van der Waals surface area (Å²) >= 11 is 0. The molecule has 4 rings (SSSR count). The molecule has 0 radical (unpaired) electrons. The van der Waals surface area contributed by atoms with Crippen LogP contribution in [0.2, 0.25) is 0 Å². The van der Waals surface area contributed by atoms with Gasteiger partial charge in [0.2, 0.25) is 0 Å². The molecule has 2 heteroatoms. The second kappa shape index (κ2) is 4.27. The van der Waals surface area contributed by atoms with Gasteiger partial charge < -0.3 is 9.72 Å². The summed E-state index contributed by atoms with van der Waals surface area (Å²) in [5.74, 6) is 0.946. The molecular formula is C18H15NO. The first kappa shape index (κ1) is 11.4. The van der Waals surface area contributed by atoms with E-state index in [1.165, 1.54) is 16.5 Å². The topological polar surface area (TPSA) is 25.0 Å². The van der Waals surface area contributed by atoms with E-state index >= 15 is 0 Å². The molecule has 1 aliphatic rings. The highest BCUT2D eigenvalue weighted by molar-refractivity contribution is 5.85. The normalized spacial score (nSPS) is 16.9. The number of hydrogen-bond donors (Lipinski definition) is 1. The summed E-state index contributed by atoms with van der Waals surface area (Å²) in [6, 6.07) is 14.6. The highest BCUT2D eigenvalue weighted by Gasteiger charge is 2.19. The van der Waals surface area contributed by atoms with Crippen LogP contribution in [-0.2, 0) is 0 Å². The van der Waals surface area contributed by atoms with E-state index in [-0.39, 0.29) is 6.10 Å². The predicted octanol–water partition coefficient (Wildman–Crippen LogP) is 4.62. The Balaban J connectivity index is 1.80. The second-order valence-electron chi connectivity index (χ2n) is 5.23. The summed E-state index contributed by atoms with van der Waals surface area (Å²) in [4.78, 5) is 3.32. The number of aryl methyl sites for hydroxylation is 1. The number of benzene rings is 2. The lowest BCUT2D eigenvalue weighted by Crippen LogP contribution is -2.08. The number of hydrogen-bond acceptors (Lipinski definition) is 1. The molecule has 1 aromatic heterocycles. The van der Waals surface area contributed by atoms with Crippen molar-refractivity contribution >= 4 is 17.0 Å². The molecule has 2 heterocycles. The molecule has 0 saturated carbocycles. The van der Waals surface area contributed by atoms with Gasteiger partial charge in [-0.25, -0.2) is 0 Å². The second-order valence-corrected chi connectivity index (χ2v) is 5.23. The van der Waals surface area contributed by atoms with E-state index in [2.05, 4.69) is 48.3 Å². The maximum Gasteiger partial charge on any atom is 0.144 e. The largest absolute Gasteiger partial charge is 0.481 e. The van der Waals surface area contributed by atoms with Crippen LogP contribution in [0.5, 0.6) is 5.75 Å². The Kier molecular flexibility index (Phi) is 2.43. The molecule has 0 amide bonds. The van der Waals surface area contributed by atoms with E-state index in [0.717, 1.165) is 16.8 Å². The van der Waals surface area contributed by atoms with Crippen molar-refractivity contribution in [1.82, 2.24) is 4.98 Å². The summed E-state index contributed by atoms with van der Waals surface area (Å²) in [5, 5.41) is 1.24. The molecule has 2 aromatic carbocycles. The van der Waals surface area contributed by atoms with Crippen molar-refractivity contribution < 1.29 is 4.74 Å². The quantitative estimate of drug-likeness (QED) is 0.679. The molecular weight excluding hydrogens is 246 g/mol. The Labute approximate surface area is 117 Å². The molecule has 1 atom stereocenters. The molecule has 98 valence electrons. The van der Waals surface area contributed by atoms with Crippen LogP contribution < -0.4 is 4.74 Å². The number of aromatic nitrogens is 1. The zero-order valence-electron chi connectivity index (χ0n) is 11.3. The fourth-order valence-corrected chi connectivity index (χ4v) is 2.75. The maximum atomic E-state index is 6.12. The monoisotopic (exact) mass is 261 g/mol. The smallest absolute Gasteiger partial charge is 0.144 e. The third kappa shape index (κ3) is 1.73. The third-order valence-corrected chi connectivity index (χ3v) is 3.80. The van der Waals surface area contributed by atoms with Crippen LogP contribution in [0.25, 0.3) is 17.0 Å². The van der Waals surface area contributed by atoms with Crippen LogP contribution in [0.1, 0.15) is 22.8 Å². The molecule has 1 unspecified atom stereocenters. The predicted molar refractivity (Wildman–Crippen MR) is 81.9 cm³/mol. The highest BCUT2D eigenvalue weighted by Crippen LogP contribution is 2.35. The molecule has 0 bridgehead atoms. The third-order valence-electron chi connectivity index (χ3n) is 3.80. The Hall–Kier alpha value is -2.48. The maximum absolute atomic E-state index is 6.12. The fraction of sp³-hybridized carbons (Fsp3) is 0.111. The number of H-pyrrole nitrogens is 1. The number of fused-ring (bicyclic) bond motifs is 2. The van der Waals surface area contributed by atoms with Gasteiger partial charge in [0.1, 0.15) is 11.9 Å². The lowest BCUT2D eigenvalue weighted by molar-refractivity contribution is 0.253. The van der Waals surface area contributed by atoms with Gasteiger partial charge in [0.15, 0.2) is 0 Å². The first-order chi connectivity index (χ1) is 9.81. The first-order valence-corrected chi connectivity index (χ1v) is 6.83. The molecule has 20 heavy (non-hydrogen) atoms. The van der Waals surface area contributed by atoms with Crippen molar-refractivity contribution in [3.63, 3.8) is 0 Å². The minimum absolute atomic E-state index is 0.0274. The Morgan fingerprint density at radius 1 is 1.10 bits per heavy atom. The van der Waals surface area contributed by atoms with E-state index in [4.69, 9.17) is 4.74 Å². The van der Waals surface area contributed by atoms with Crippen molar-refractivity contribution in [2.24, 2.45) is 0 Å². The van der Waals surface area contributed by atoms with Gasteiger partial charge in [0.25, 0.3) is 0 Å². The van der Waals surface area contributed by atoms with Gasteiger partial charge in [-0.2, -0.15) is 0 Å². The molecule has 0 aliphatic carbocycles. The summed E-state index contributed by atoms with van der Waals surface area (Å²) < 4.78 is 6.12. The standard InChI is InChI=1S/C18H15NO/c1-12-6-8-16-14(10-12)15(11-19-16)18-9-7-13-4-2-3-5-17(13)20-18/h2-11,18-19H,1H3. The van der Waals surface area contributed by atoms with Crippen molar-refractivity contribution in [3.05, 3.63) is 71.4 Å². The first-order valence-electron chi connectivity index (χ1n) is 6.83. The van der Waals surface area contributed by atoms with E-state index in [0.29, 0.717) is 0 Å². The molecule has 2 nitrogen and oxygen atoms in total. The van der Waals surface area contributed by atoms with Crippen LogP contribution in [0, 0.1) is 6.92 Å². The minimum Gasteiger partial charge on any atom is -0.481 e. The Morgan fingerprint density at radius 3 is 2.95 bits per heavy atom. The highest BCUT2D eigenvalue weighted by atomic mass is 16.5. The van der Waals surface area contributed by atoms with Gasteiger partial charge in [-0.15, -0.1) is 0 Å². The summed E-state index contributed by atoms with van der Waals surface area (Å²) in [6.07, 6.45) is 6.28. The van der Waals surface area contributed by atoms with Crippen LogP contribution in [-0.4, -0.2) is 4.98 Å². The van der Waals surface area contributed by atoms with Crippen molar-refractivity contribution in [2.45, 2.75) is 13.0 Å². The molecule has 0 saturated heterocycles. The Bertz CT molecular complexity index is 813. The number of rotatable bonds is 1. The van der Waals surface area contributed by atoms with Crippen molar-refractivity contribution in [2.75, 3.05) is 0 Å². The van der Waals surface area contributed by atoms with Gasteiger partial charge in [0.05, 0.1) is 0 Å². The van der Waals surface area contributed by atoms with E-state index in [9.17, 15) is 0 Å². The van der Waals surface area contributed by atoms with E-state index in [1.807, 2.05) is 24.4 Å². The molecule has 3 aromatic rings. The van der Waals surface area contributed by atoms with Gasteiger partial charge in [0, 0.05) is 28.2 Å². The van der Waals surface area contributed by atoms with Crippen molar-refractivity contribution in [3.8, 4) is 5.75 Å². The lowest BCUT2D eigenvalue weighted by Gasteiger charge is -2.21. The molecule has 0 fully saturated rings. The van der Waals surface area contributed by atoms with Gasteiger partial charge >= 0.3 is 0 Å². The zero-order valence-corrected chi connectivity index (χ0v) is 11.3. The van der Waals surface area contributed by atoms with Crippen LogP contribution in [0.3, 0.4) is 0 Å². The van der Waals surface area contributed by atoms with Gasteiger partial charge in [-0.3, -0.25) is 0 Å². The summed E-state index contributed by atoms with van der Waals surface area (Å²) in [5.41, 5.74) is 4.74. The van der Waals surface area contributed by atoms with Gasteiger partial charge in [-0.1, -0.05) is 35.9 Å². The fourth-order valence-electron chi connectivity index (χ4n) is 2.75. The summed E-state index contributed by atoms with van der Waals surface area (Å²) in [7, 11) is 0. The SMILES string of the molecule is Cc1ccc2[nH]cc(C3C=Cc4ccccc4O3)c2c1. The van der Waals surface area contributed by atoms with Gasteiger partial charge in [-0.05, 0) is 31.2 Å². The van der Waals surface area contributed by atoms with Crippen molar-refractivity contribution in [1.29, 1.82) is 0 Å². The van der Waals surface area contributed by atoms with E-state index in [1.54, 1.807) is 0 Å².